The van der Waals surface area contributed by atoms with Gasteiger partial charge in [-0.3, -0.25) is 37.3 Å². The highest BCUT2D eigenvalue weighted by atomic mass is 31.2. The monoisotopic (exact) mass is 1300 g/mol. The SMILES string of the molecule is CCC(C)CCCCCCCCCCC(=O)OC[C@H](COP(=O)(O)OCC(O)COP(=O)(O)OC[C@@H](COC(=O)CCCCCCCCCC(C)C)OC(=O)CCCCCCCCCCCC(C)C)OC(=O)CCCCCCCCCCCCCC(C)C. The number of carbonyl (C=O) groups is 4. The van der Waals surface area contributed by atoms with Crippen molar-refractivity contribution in [3.63, 3.8) is 0 Å². The Morgan fingerprint density at radius 2 is 0.545 bits per heavy atom. The molecule has 88 heavy (non-hydrogen) atoms. The molecule has 17 nitrogen and oxygen atoms in total. The van der Waals surface area contributed by atoms with Gasteiger partial charge >= 0.3 is 39.5 Å². The van der Waals surface area contributed by atoms with Crippen LogP contribution in [-0.2, 0) is 65.4 Å². The van der Waals surface area contributed by atoms with Crippen molar-refractivity contribution in [2.45, 2.75) is 356 Å². The summed E-state index contributed by atoms with van der Waals surface area (Å²) in [7, 11) is -9.90. The summed E-state index contributed by atoms with van der Waals surface area (Å²) in [5.41, 5.74) is 0. The zero-order chi connectivity index (χ0) is 65.4. The zero-order valence-electron chi connectivity index (χ0n) is 57.3. The topological polar surface area (TPSA) is 237 Å². The molecule has 0 aromatic rings. The maximum absolute atomic E-state index is 13.0. The van der Waals surface area contributed by atoms with E-state index in [0.29, 0.717) is 31.6 Å². The number of hydrogen-bond acceptors (Lipinski definition) is 15. The molecule has 3 N–H and O–H groups in total. The van der Waals surface area contributed by atoms with Gasteiger partial charge in [-0.25, -0.2) is 9.13 Å². The third-order valence-electron chi connectivity index (χ3n) is 16.2. The Morgan fingerprint density at radius 3 is 0.807 bits per heavy atom. The number of carbonyl (C=O) groups excluding carboxylic acids is 4. The van der Waals surface area contributed by atoms with Crippen molar-refractivity contribution in [2.24, 2.45) is 23.7 Å². The van der Waals surface area contributed by atoms with Crippen LogP contribution in [0.5, 0.6) is 0 Å². The molecule has 0 saturated heterocycles. The fourth-order valence-corrected chi connectivity index (χ4v) is 11.9. The molecule has 19 heteroatoms. The lowest BCUT2D eigenvalue weighted by Gasteiger charge is -2.21. The average molecular weight is 1300 g/mol. The minimum atomic E-state index is -4.95. The van der Waals surface area contributed by atoms with Crippen LogP contribution >= 0.6 is 15.6 Å². The second-order valence-electron chi connectivity index (χ2n) is 26.6. The minimum Gasteiger partial charge on any atom is -0.462 e. The van der Waals surface area contributed by atoms with Crippen LogP contribution < -0.4 is 0 Å². The first-order valence-electron chi connectivity index (χ1n) is 35.7. The Kier molecular flexibility index (Phi) is 57.6. The van der Waals surface area contributed by atoms with Crippen molar-refractivity contribution < 1.29 is 80.2 Å². The molecule has 0 spiro atoms. The standard InChI is InChI=1S/C69H134O17P2/c1-9-62(8)48-40-32-24-18-19-25-33-41-49-66(71)79-55-64(85-68(73)51-43-35-26-16-12-10-11-14-21-29-37-45-59(2)3)57-83-87(75,76)81-53-63(70)54-82-88(77,78)84-58-65(56-80-67(72)50-42-34-28-20-23-31-39-47-61(6)7)86-69(74)52-44-36-27-17-13-15-22-30-38-46-60(4)5/h59-65,70H,9-58H2,1-8H3,(H,75,76)(H,77,78)/t62?,63?,64-,65-/m1/s1. The van der Waals surface area contributed by atoms with Crippen LogP contribution in [0.25, 0.3) is 0 Å². The Bertz CT molecular complexity index is 1750. The van der Waals surface area contributed by atoms with Crippen LogP contribution in [-0.4, -0.2) is 96.7 Å². The summed E-state index contributed by atoms with van der Waals surface area (Å²) in [4.78, 5) is 72.5. The fourth-order valence-electron chi connectivity index (χ4n) is 10.3. The number of phosphoric acid groups is 2. The van der Waals surface area contributed by atoms with E-state index in [1.165, 1.54) is 135 Å². The van der Waals surface area contributed by atoms with Crippen LogP contribution in [0.4, 0.5) is 0 Å². The number of aliphatic hydroxyl groups is 1. The third-order valence-corrected chi connectivity index (χ3v) is 18.1. The Hall–Kier alpha value is -1.94. The zero-order valence-corrected chi connectivity index (χ0v) is 59.1. The van der Waals surface area contributed by atoms with E-state index < -0.39 is 97.5 Å². The van der Waals surface area contributed by atoms with Crippen molar-refractivity contribution in [2.75, 3.05) is 39.6 Å². The van der Waals surface area contributed by atoms with E-state index in [1.54, 1.807) is 0 Å². The Labute approximate surface area is 537 Å². The molecular weight excluding hydrogens is 1160 g/mol. The first kappa shape index (κ1) is 86.1. The minimum absolute atomic E-state index is 0.104. The Balaban J connectivity index is 5.27. The molecule has 0 aliphatic carbocycles. The molecule has 0 aromatic carbocycles. The first-order valence-corrected chi connectivity index (χ1v) is 38.7. The predicted octanol–water partition coefficient (Wildman–Crippen LogP) is 19.3. The number of ether oxygens (including phenoxy) is 4. The number of aliphatic hydroxyl groups excluding tert-OH is 1. The summed E-state index contributed by atoms with van der Waals surface area (Å²) in [6.07, 6.45) is 40.3. The van der Waals surface area contributed by atoms with E-state index in [9.17, 15) is 43.2 Å². The van der Waals surface area contributed by atoms with Crippen molar-refractivity contribution >= 4 is 39.5 Å². The number of esters is 4. The van der Waals surface area contributed by atoms with Gasteiger partial charge in [-0.15, -0.1) is 0 Å². The second kappa shape index (κ2) is 58.8. The summed E-state index contributed by atoms with van der Waals surface area (Å²) in [5.74, 6) is 0.852. The third kappa shape index (κ3) is 61.6. The number of unbranched alkanes of at least 4 members (excludes halogenated alkanes) is 31. The molecule has 0 bridgehead atoms. The summed E-state index contributed by atoms with van der Waals surface area (Å²) in [6, 6.07) is 0. The lowest BCUT2D eigenvalue weighted by Crippen LogP contribution is -2.30. The van der Waals surface area contributed by atoms with Gasteiger partial charge < -0.3 is 33.8 Å². The largest absolute Gasteiger partial charge is 0.472 e. The molecular formula is C69H134O17P2. The van der Waals surface area contributed by atoms with Gasteiger partial charge in [-0.2, -0.15) is 0 Å². The van der Waals surface area contributed by atoms with Crippen molar-refractivity contribution in [3.8, 4) is 0 Å². The van der Waals surface area contributed by atoms with E-state index in [-0.39, 0.29) is 25.7 Å². The first-order chi connectivity index (χ1) is 42.1. The van der Waals surface area contributed by atoms with Crippen LogP contribution in [0.3, 0.4) is 0 Å². The van der Waals surface area contributed by atoms with Crippen LogP contribution in [0.2, 0.25) is 0 Å². The molecule has 0 fully saturated rings. The average Bonchev–Trinajstić information content (AvgIpc) is 3.69. The van der Waals surface area contributed by atoms with Gasteiger partial charge in [0.05, 0.1) is 26.4 Å². The Morgan fingerprint density at radius 1 is 0.318 bits per heavy atom. The predicted molar refractivity (Wildman–Crippen MR) is 354 cm³/mol. The molecule has 0 radical (unpaired) electrons. The molecule has 4 unspecified atom stereocenters. The van der Waals surface area contributed by atoms with Gasteiger partial charge in [0.15, 0.2) is 12.2 Å². The van der Waals surface area contributed by atoms with E-state index >= 15 is 0 Å². The quantitative estimate of drug-likeness (QED) is 0.0222. The normalized spacial score (nSPS) is 14.6. The maximum atomic E-state index is 13.0. The number of hydrogen-bond donors (Lipinski definition) is 3. The van der Waals surface area contributed by atoms with Crippen molar-refractivity contribution in [1.82, 2.24) is 0 Å². The highest BCUT2D eigenvalue weighted by Gasteiger charge is 2.30. The van der Waals surface area contributed by atoms with E-state index in [2.05, 4.69) is 55.4 Å². The van der Waals surface area contributed by atoms with Gasteiger partial charge in [0, 0.05) is 25.7 Å². The van der Waals surface area contributed by atoms with E-state index in [4.69, 9.17) is 37.0 Å². The summed E-state index contributed by atoms with van der Waals surface area (Å²) in [5, 5.41) is 10.6. The molecule has 0 aromatic heterocycles. The van der Waals surface area contributed by atoms with Crippen LogP contribution in [0.15, 0.2) is 0 Å². The second-order valence-corrected chi connectivity index (χ2v) is 29.5. The highest BCUT2D eigenvalue weighted by Crippen LogP contribution is 2.45. The highest BCUT2D eigenvalue weighted by molar-refractivity contribution is 7.47. The van der Waals surface area contributed by atoms with Gasteiger partial charge in [0.25, 0.3) is 0 Å². The molecule has 6 atom stereocenters. The number of rotatable bonds is 66. The maximum Gasteiger partial charge on any atom is 0.472 e. The summed E-state index contributed by atoms with van der Waals surface area (Å²) < 4.78 is 68.2. The molecule has 0 heterocycles. The molecule has 0 rings (SSSR count). The molecule has 0 aliphatic rings. The van der Waals surface area contributed by atoms with E-state index in [0.717, 1.165) is 114 Å². The smallest absolute Gasteiger partial charge is 0.462 e. The molecule has 0 amide bonds. The van der Waals surface area contributed by atoms with Crippen LogP contribution in [0.1, 0.15) is 338 Å². The lowest BCUT2D eigenvalue weighted by atomic mass is 9.99. The molecule has 0 saturated carbocycles. The van der Waals surface area contributed by atoms with Gasteiger partial charge in [-0.1, -0.05) is 287 Å². The molecule has 0 aliphatic heterocycles. The van der Waals surface area contributed by atoms with Crippen molar-refractivity contribution in [1.29, 1.82) is 0 Å². The number of phosphoric ester groups is 2. The van der Waals surface area contributed by atoms with Gasteiger partial charge in [0.1, 0.15) is 19.3 Å². The van der Waals surface area contributed by atoms with Crippen molar-refractivity contribution in [3.05, 3.63) is 0 Å². The van der Waals surface area contributed by atoms with Crippen LogP contribution in [0, 0.1) is 23.7 Å². The molecule has 522 valence electrons. The lowest BCUT2D eigenvalue weighted by molar-refractivity contribution is -0.161. The fraction of sp³-hybridized carbons (Fsp3) is 0.942. The van der Waals surface area contributed by atoms with Gasteiger partial charge in [0.2, 0.25) is 0 Å². The van der Waals surface area contributed by atoms with E-state index in [1.807, 2.05) is 0 Å². The summed E-state index contributed by atoms with van der Waals surface area (Å²) in [6.45, 7) is 14.1. The van der Waals surface area contributed by atoms with Gasteiger partial charge in [-0.05, 0) is 49.4 Å². The summed E-state index contributed by atoms with van der Waals surface area (Å²) >= 11 is 0.